The lowest BCUT2D eigenvalue weighted by molar-refractivity contribution is 0.250. The standard InChI is InChI=1S/C12H17ClN2O3/c1-7(2)14-12(16)15-9-6-10(17-3)8(13)5-11(9)18-4/h5-7H,1-4H3,(H2,14,15,16). The molecule has 2 N–H and O–H groups in total. The van der Waals surface area contributed by atoms with Gasteiger partial charge in [0, 0.05) is 18.2 Å². The summed E-state index contributed by atoms with van der Waals surface area (Å²) in [5.74, 6) is 0.942. The molecule has 0 heterocycles. The average Bonchev–Trinajstić information content (AvgIpc) is 2.29. The van der Waals surface area contributed by atoms with Crippen LogP contribution >= 0.6 is 11.6 Å². The number of anilines is 1. The number of rotatable bonds is 4. The monoisotopic (exact) mass is 272 g/mol. The number of methoxy groups -OCH3 is 2. The van der Waals surface area contributed by atoms with Crippen molar-refractivity contribution in [2.75, 3.05) is 19.5 Å². The van der Waals surface area contributed by atoms with Crippen molar-refractivity contribution in [3.8, 4) is 11.5 Å². The van der Waals surface area contributed by atoms with Gasteiger partial charge in [0.2, 0.25) is 0 Å². The Morgan fingerprint density at radius 2 is 1.83 bits per heavy atom. The summed E-state index contributed by atoms with van der Waals surface area (Å²) < 4.78 is 10.2. The van der Waals surface area contributed by atoms with E-state index in [1.54, 1.807) is 12.1 Å². The summed E-state index contributed by atoms with van der Waals surface area (Å²) >= 11 is 5.97. The highest BCUT2D eigenvalue weighted by Gasteiger charge is 2.12. The lowest BCUT2D eigenvalue weighted by atomic mass is 10.2. The number of hydrogen-bond acceptors (Lipinski definition) is 3. The summed E-state index contributed by atoms with van der Waals surface area (Å²) in [4.78, 5) is 11.6. The van der Waals surface area contributed by atoms with Crippen LogP contribution in [0.2, 0.25) is 5.02 Å². The number of ether oxygens (including phenoxy) is 2. The molecule has 0 unspecified atom stereocenters. The minimum atomic E-state index is -0.312. The molecule has 0 aliphatic rings. The third kappa shape index (κ3) is 3.70. The molecule has 0 bridgehead atoms. The molecule has 0 saturated heterocycles. The van der Waals surface area contributed by atoms with Crippen LogP contribution in [-0.4, -0.2) is 26.3 Å². The first kappa shape index (κ1) is 14.4. The first-order valence-corrected chi connectivity index (χ1v) is 5.84. The molecule has 2 amide bonds. The first-order chi connectivity index (χ1) is 8.47. The summed E-state index contributed by atoms with van der Waals surface area (Å²) in [6.07, 6.45) is 0. The number of urea groups is 1. The van der Waals surface area contributed by atoms with Gasteiger partial charge in [0.15, 0.2) is 0 Å². The van der Waals surface area contributed by atoms with E-state index in [1.165, 1.54) is 14.2 Å². The van der Waals surface area contributed by atoms with Gasteiger partial charge in [0.25, 0.3) is 0 Å². The normalized spacial score (nSPS) is 10.1. The van der Waals surface area contributed by atoms with Gasteiger partial charge in [-0.15, -0.1) is 0 Å². The van der Waals surface area contributed by atoms with Gasteiger partial charge in [-0.25, -0.2) is 4.79 Å². The molecule has 5 nitrogen and oxygen atoms in total. The molecule has 0 atom stereocenters. The zero-order valence-electron chi connectivity index (χ0n) is 10.8. The van der Waals surface area contributed by atoms with Crippen LogP contribution in [0.5, 0.6) is 11.5 Å². The lowest BCUT2D eigenvalue weighted by Gasteiger charge is -2.14. The van der Waals surface area contributed by atoms with E-state index in [2.05, 4.69) is 10.6 Å². The van der Waals surface area contributed by atoms with Gasteiger partial charge < -0.3 is 20.1 Å². The van der Waals surface area contributed by atoms with Gasteiger partial charge in [-0.2, -0.15) is 0 Å². The molecule has 100 valence electrons. The molecule has 1 aromatic carbocycles. The number of halogens is 1. The maximum absolute atomic E-state index is 11.6. The SMILES string of the molecule is COc1cc(NC(=O)NC(C)C)c(OC)cc1Cl. The molecular formula is C12H17ClN2O3. The second-order valence-corrected chi connectivity index (χ2v) is 4.35. The minimum Gasteiger partial charge on any atom is -0.495 e. The molecule has 1 aromatic rings. The number of amides is 2. The predicted molar refractivity (Wildman–Crippen MR) is 71.8 cm³/mol. The smallest absolute Gasteiger partial charge is 0.319 e. The number of nitrogens with one attached hydrogen (secondary N) is 2. The molecule has 0 spiro atoms. The van der Waals surface area contributed by atoms with E-state index in [0.717, 1.165) is 0 Å². The second kappa shape index (κ2) is 6.35. The van der Waals surface area contributed by atoms with Crippen LogP contribution in [0.15, 0.2) is 12.1 Å². The molecule has 0 aliphatic carbocycles. The molecule has 0 aromatic heterocycles. The van der Waals surface area contributed by atoms with E-state index in [1.807, 2.05) is 13.8 Å². The van der Waals surface area contributed by atoms with Crippen molar-refractivity contribution >= 4 is 23.3 Å². The molecule has 18 heavy (non-hydrogen) atoms. The Labute approximate surface area is 111 Å². The van der Waals surface area contributed by atoms with Crippen molar-refractivity contribution < 1.29 is 14.3 Å². The van der Waals surface area contributed by atoms with E-state index in [0.29, 0.717) is 22.2 Å². The molecule has 1 rings (SSSR count). The van der Waals surface area contributed by atoms with Gasteiger partial charge >= 0.3 is 6.03 Å². The third-order valence-electron chi connectivity index (χ3n) is 2.14. The fraction of sp³-hybridized carbons (Fsp3) is 0.417. The third-order valence-corrected chi connectivity index (χ3v) is 2.44. The Hall–Kier alpha value is -1.62. The second-order valence-electron chi connectivity index (χ2n) is 3.94. The molecule has 0 fully saturated rings. The number of carbonyl (C=O) groups excluding carboxylic acids is 1. The van der Waals surface area contributed by atoms with Gasteiger partial charge in [0.05, 0.1) is 24.9 Å². The fourth-order valence-electron chi connectivity index (χ4n) is 1.38. The largest absolute Gasteiger partial charge is 0.495 e. The Kier molecular flexibility index (Phi) is 5.09. The van der Waals surface area contributed by atoms with Crippen LogP contribution in [0.3, 0.4) is 0 Å². The minimum absolute atomic E-state index is 0.0465. The quantitative estimate of drug-likeness (QED) is 0.886. The summed E-state index contributed by atoms with van der Waals surface area (Å²) in [7, 11) is 3.01. The highest BCUT2D eigenvalue weighted by atomic mass is 35.5. The van der Waals surface area contributed by atoms with E-state index >= 15 is 0 Å². The van der Waals surface area contributed by atoms with E-state index in [9.17, 15) is 4.79 Å². The first-order valence-electron chi connectivity index (χ1n) is 5.47. The topological polar surface area (TPSA) is 59.6 Å². The molecule has 0 aliphatic heterocycles. The number of carbonyl (C=O) groups is 1. The van der Waals surface area contributed by atoms with Crippen LogP contribution in [0.25, 0.3) is 0 Å². The maximum Gasteiger partial charge on any atom is 0.319 e. The van der Waals surface area contributed by atoms with Crippen LogP contribution < -0.4 is 20.1 Å². The molecule has 6 heteroatoms. The van der Waals surface area contributed by atoms with E-state index < -0.39 is 0 Å². The Morgan fingerprint density at radius 1 is 1.22 bits per heavy atom. The average molecular weight is 273 g/mol. The van der Waals surface area contributed by atoms with Gasteiger partial charge in [-0.3, -0.25) is 0 Å². The summed E-state index contributed by atoms with van der Waals surface area (Å²) in [5.41, 5.74) is 0.497. The van der Waals surface area contributed by atoms with Crippen molar-refractivity contribution in [1.82, 2.24) is 5.32 Å². The highest BCUT2D eigenvalue weighted by Crippen LogP contribution is 2.35. The van der Waals surface area contributed by atoms with Gasteiger partial charge in [-0.1, -0.05) is 11.6 Å². The summed E-state index contributed by atoms with van der Waals surface area (Å²) in [5, 5.41) is 5.82. The van der Waals surface area contributed by atoms with Crippen molar-refractivity contribution in [3.63, 3.8) is 0 Å². The van der Waals surface area contributed by atoms with Crippen LogP contribution in [-0.2, 0) is 0 Å². The van der Waals surface area contributed by atoms with Crippen LogP contribution in [0.4, 0.5) is 10.5 Å². The molecule has 0 saturated carbocycles. The summed E-state index contributed by atoms with van der Waals surface area (Å²) in [6, 6.07) is 2.93. The van der Waals surface area contributed by atoms with Crippen molar-refractivity contribution in [1.29, 1.82) is 0 Å². The lowest BCUT2D eigenvalue weighted by Crippen LogP contribution is -2.34. The van der Waals surface area contributed by atoms with Crippen molar-refractivity contribution in [3.05, 3.63) is 17.2 Å². The zero-order valence-corrected chi connectivity index (χ0v) is 11.6. The Balaban J connectivity index is 2.96. The van der Waals surface area contributed by atoms with Gasteiger partial charge in [-0.05, 0) is 13.8 Å². The Morgan fingerprint density at radius 3 is 2.33 bits per heavy atom. The number of benzene rings is 1. The molecular weight excluding hydrogens is 256 g/mol. The van der Waals surface area contributed by atoms with Crippen molar-refractivity contribution in [2.45, 2.75) is 19.9 Å². The molecule has 0 radical (unpaired) electrons. The van der Waals surface area contributed by atoms with E-state index in [-0.39, 0.29) is 12.1 Å². The van der Waals surface area contributed by atoms with E-state index in [4.69, 9.17) is 21.1 Å². The number of hydrogen-bond donors (Lipinski definition) is 2. The highest BCUT2D eigenvalue weighted by molar-refractivity contribution is 6.32. The predicted octanol–water partition coefficient (Wildman–Crippen LogP) is 2.89. The van der Waals surface area contributed by atoms with Gasteiger partial charge in [0.1, 0.15) is 11.5 Å². The maximum atomic E-state index is 11.6. The van der Waals surface area contributed by atoms with Crippen LogP contribution in [0.1, 0.15) is 13.8 Å². The Bertz CT molecular complexity index is 436. The zero-order chi connectivity index (χ0) is 13.7. The van der Waals surface area contributed by atoms with Crippen LogP contribution in [0, 0.1) is 0 Å². The fourth-order valence-corrected chi connectivity index (χ4v) is 1.61. The van der Waals surface area contributed by atoms with Crippen molar-refractivity contribution in [2.24, 2.45) is 0 Å². The summed E-state index contributed by atoms with van der Waals surface area (Å²) in [6.45, 7) is 3.75.